The first kappa shape index (κ1) is 20.9. The van der Waals surface area contributed by atoms with Crippen molar-refractivity contribution < 1.29 is 29.4 Å². The first-order chi connectivity index (χ1) is 14.7. The van der Waals surface area contributed by atoms with Crippen molar-refractivity contribution in [1.29, 1.82) is 0 Å². The van der Waals surface area contributed by atoms with Gasteiger partial charge in [0.2, 0.25) is 0 Å². The number of hydrogen-bond donors (Lipinski definition) is 1. The number of carbonyl (C=O) groups is 2. The van der Waals surface area contributed by atoms with Gasteiger partial charge >= 0.3 is 5.97 Å². The van der Waals surface area contributed by atoms with Crippen LogP contribution in [0.5, 0.6) is 0 Å². The van der Waals surface area contributed by atoms with E-state index in [4.69, 9.17) is 9.57 Å². The van der Waals surface area contributed by atoms with Crippen LogP contribution < -0.4 is 0 Å². The van der Waals surface area contributed by atoms with Crippen molar-refractivity contribution in [2.24, 2.45) is 34.5 Å². The SMILES string of the molecule is C[C@]12CC[C@H]3[C@H](CC[C@@H]4C[C@H](O[N+](=O)[O-])CC[C@@]43C=O)[C@@]1(O)CC[C@@H]2C1=CC(=O)OC1. The lowest BCUT2D eigenvalue weighted by Crippen LogP contribution is -2.63. The Morgan fingerprint density at radius 3 is 2.68 bits per heavy atom. The van der Waals surface area contributed by atoms with E-state index in [1.165, 1.54) is 0 Å². The van der Waals surface area contributed by atoms with Crippen LogP contribution in [-0.2, 0) is 19.2 Å². The molecule has 0 aromatic carbocycles. The minimum atomic E-state index is -0.873. The number of aldehydes is 1. The molecule has 8 heteroatoms. The van der Waals surface area contributed by atoms with Gasteiger partial charge in [-0.15, -0.1) is 10.1 Å². The van der Waals surface area contributed by atoms with E-state index >= 15 is 0 Å². The number of cyclic esters (lactones) is 1. The zero-order chi connectivity index (χ0) is 22.0. The second kappa shape index (κ2) is 7.02. The van der Waals surface area contributed by atoms with Gasteiger partial charge in [0.15, 0.2) is 0 Å². The van der Waals surface area contributed by atoms with Gasteiger partial charge in [0.05, 0.1) is 5.60 Å². The molecular formula is C23H31NO7. The van der Waals surface area contributed by atoms with Crippen LogP contribution in [0.25, 0.3) is 0 Å². The van der Waals surface area contributed by atoms with Crippen LogP contribution in [0, 0.1) is 44.6 Å². The lowest BCUT2D eigenvalue weighted by molar-refractivity contribution is -0.769. The van der Waals surface area contributed by atoms with E-state index < -0.39 is 22.2 Å². The van der Waals surface area contributed by atoms with Gasteiger partial charge < -0.3 is 19.5 Å². The first-order valence-corrected chi connectivity index (χ1v) is 11.6. The van der Waals surface area contributed by atoms with Gasteiger partial charge in [0.1, 0.15) is 19.0 Å². The molecule has 1 N–H and O–H groups in total. The van der Waals surface area contributed by atoms with Crippen molar-refractivity contribution in [3.63, 3.8) is 0 Å². The monoisotopic (exact) mass is 433 g/mol. The average Bonchev–Trinajstić information content (AvgIpc) is 3.27. The van der Waals surface area contributed by atoms with E-state index in [1.807, 2.05) is 0 Å². The summed E-state index contributed by atoms with van der Waals surface area (Å²) in [5.74, 6) is 0.0198. The number of rotatable bonds is 4. The maximum absolute atomic E-state index is 12.6. The number of esters is 1. The summed E-state index contributed by atoms with van der Waals surface area (Å²) in [7, 11) is 0. The summed E-state index contributed by atoms with van der Waals surface area (Å²) >= 11 is 0. The molecule has 4 aliphatic carbocycles. The molecule has 8 nitrogen and oxygen atoms in total. The van der Waals surface area contributed by atoms with Crippen LogP contribution in [0.2, 0.25) is 0 Å². The van der Waals surface area contributed by atoms with E-state index in [2.05, 4.69) is 6.92 Å². The predicted octanol–water partition coefficient (Wildman–Crippen LogP) is 3.00. The molecule has 0 spiro atoms. The maximum atomic E-state index is 12.6. The molecule has 31 heavy (non-hydrogen) atoms. The van der Waals surface area contributed by atoms with Crippen LogP contribution in [0.1, 0.15) is 64.7 Å². The molecule has 1 heterocycles. The summed E-state index contributed by atoms with van der Waals surface area (Å²) in [4.78, 5) is 39.9. The number of hydrogen-bond acceptors (Lipinski definition) is 7. The fraction of sp³-hybridized carbons (Fsp3) is 0.826. The molecule has 0 saturated heterocycles. The standard InChI is InChI=1S/C23H31NO7/c1-21-7-5-18-19(23(21,27)9-6-17(21)14-10-20(26)30-12-14)3-2-15-11-16(31-24(28)29)4-8-22(15,18)13-25/h10,13,15-19,27H,2-9,11-12H2,1H3/t15-,16-,17-,18+,19+,21-,22-,23+/m1/s1. The number of nitrogens with zero attached hydrogens (tertiary/aromatic N) is 1. The predicted molar refractivity (Wildman–Crippen MR) is 108 cm³/mol. The first-order valence-electron chi connectivity index (χ1n) is 11.6. The van der Waals surface area contributed by atoms with Crippen molar-refractivity contribution in [3.8, 4) is 0 Å². The topological polar surface area (TPSA) is 116 Å². The van der Waals surface area contributed by atoms with Crippen LogP contribution >= 0.6 is 0 Å². The van der Waals surface area contributed by atoms with Crippen molar-refractivity contribution in [1.82, 2.24) is 0 Å². The summed E-state index contributed by atoms with van der Waals surface area (Å²) in [6, 6.07) is 0. The van der Waals surface area contributed by atoms with Gasteiger partial charge in [-0.05, 0) is 87.0 Å². The van der Waals surface area contributed by atoms with Crippen molar-refractivity contribution in [2.45, 2.75) is 76.4 Å². The number of ether oxygens (including phenoxy) is 1. The van der Waals surface area contributed by atoms with E-state index in [0.29, 0.717) is 32.3 Å². The maximum Gasteiger partial charge on any atom is 0.331 e. The van der Waals surface area contributed by atoms with Crippen LogP contribution in [-0.4, -0.2) is 40.8 Å². The highest BCUT2D eigenvalue weighted by Crippen LogP contribution is 2.69. The van der Waals surface area contributed by atoms with Gasteiger partial charge in [-0.1, -0.05) is 6.92 Å². The molecule has 170 valence electrons. The van der Waals surface area contributed by atoms with Crippen molar-refractivity contribution in [3.05, 3.63) is 21.8 Å². The van der Waals surface area contributed by atoms with Gasteiger partial charge in [0.25, 0.3) is 5.09 Å². The summed E-state index contributed by atoms with van der Waals surface area (Å²) < 4.78 is 5.16. The fourth-order valence-corrected chi connectivity index (χ4v) is 8.51. The molecule has 0 aromatic heterocycles. The quantitative estimate of drug-likeness (QED) is 0.313. The largest absolute Gasteiger partial charge is 0.458 e. The second-order valence-electron chi connectivity index (χ2n) is 10.7. The Morgan fingerprint density at radius 2 is 2.00 bits per heavy atom. The Bertz CT molecular complexity index is 842. The lowest BCUT2D eigenvalue weighted by atomic mass is 9.43. The zero-order valence-corrected chi connectivity index (χ0v) is 18.0. The van der Waals surface area contributed by atoms with E-state index in [9.17, 15) is 24.8 Å². The smallest absolute Gasteiger partial charge is 0.331 e. The Morgan fingerprint density at radius 1 is 1.19 bits per heavy atom. The Hall–Kier alpha value is -1.96. The molecule has 0 unspecified atom stereocenters. The normalized spacial score (nSPS) is 48.6. The molecule has 1 aliphatic heterocycles. The Labute approximate surface area is 181 Å². The summed E-state index contributed by atoms with van der Waals surface area (Å²) in [6.45, 7) is 2.48. The minimum absolute atomic E-state index is 0.0318. The molecule has 8 atom stereocenters. The summed E-state index contributed by atoms with van der Waals surface area (Å²) in [5.41, 5.74) is -0.739. The minimum Gasteiger partial charge on any atom is -0.458 e. The average molecular weight is 434 g/mol. The van der Waals surface area contributed by atoms with E-state index in [1.54, 1.807) is 6.08 Å². The summed E-state index contributed by atoms with van der Waals surface area (Å²) in [6.07, 6.45) is 8.68. The molecule has 0 bridgehead atoms. The molecule has 4 fully saturated rings. The Kier molecular flexibility index (Phi) is 4.74. The lowest BCUT2D eigenvalue weighted by Gasteiger charge is -2.63. The summed E-state index contributed by atoms with van der Waals surface area (Å²) in [5, 5.41) is 22.2. The van der Waals surface area contributed by atoms with Gasteiger partial charge in [0, 0.05) is 16.9 Å². The Balaban J connectivity index is 1.43. The van der Waals surface area contributed by atoms with Gasteiger partial charge in [-0.2, -0.15) is 0 Å². The molecule has 5 rings (SSSR count). The fourth-order valence-electron chi connectivity index (χ4n) is 8.51. The van der Waals surface area contributed by atoms with Crippen molar-refractivity contribution in [2.75, 3.05) is 6.61 Å². The van der Waals surface area contributed by atoms with Gasteiger partial charge in [-0.25, -0.2) is 4.79 Å². The van der Waals surface area contributed by atoms with E-state index in [0.717, 1.165) is 44.0 Å². The number of carbonyl (C=O) groups excluding carboxylic acids is 2. The molecule has 4 saturated carbocycles. The van der Waals surface area contributed by atoms with Crippen LogP contribution in [0.15, 0.2) is 11.6 Å². The molecule has 0 aromatic rings. The third-order valence-corrected chi connectivity index (χ3v) is 9.96. The highest BCUT2D eigenvalue weighted by atomic mass is 17.0. The van der Waals surface area contributed by atoms with Crippen LogP contribution in [0.4, 0.5) is 0 Å². The molecule has 0 radical (unpaired) electrons. The van der Waals surface area contributed by atoms with Crippen molar-refractivity contribution >= 4 is 12.3 Å². The third kappa shape index (κ3) is 2.82. The highest BCUT2D eigenvalue weighted by molar-refractivity contribution is 5.85. The number of fused-ring (bicyclic) bond motifs is 5. The second-order valence-corrected chi connectivity index (χ2v) is 10.7. The third-order valence-electron chi connectivity index (χ3n) is 9.96. The number of aliphatic hydroxyl groups is 1. The van der Waals surface area contributed by atoms with Gasteiger partial charge in [-0.3, -0.25) is 0 Å². The van der Waals surface area contributed by atoms with Crippen LogP contribution in [0.3, 0.4) is 0 Å². The molecule has 5 aliphatic rings. The van der Waals surface area contributed by atoms with E-state index in [-0.39, 0.29) is 35.1 Å². The zero-order valence-electron chi connectivity index (χ0n) is 18.0. The highest BCUT2D eigenvalue weighted by Gasteiger charge is 2.68. The molecular weight excluding hydrogens is 402 g/mol. The molecule has 0 amide bonds.